The molecule has 1 fully saturated rings. The minimum atomic E-state index is -3.07. The molecule has 0 saturated carbocycles. The summed E-state index contributed by atoms with van der Waals surface area (Å²) in [5.74, 6) is -3.44. The number of nitrogens with two attached hydrogens (primary N) is 1. The number of nitrogens with zero attached hydrogens (tertiary/aromatic N) is 1. The summed E-state index contributed by atoms with van der Waals surface area (Å²) in [5, 5.41) is 12.5. The topological polar surface area (TPSA) is 78.6 Å². The van der Waals surface area contributed by atoms with Gasteiger partial charge in [0, 0.05) is 28.9 Å². The van der Waals surface area contributed by atoms with Crippen molar-refractivity contribution in [1.29, 1.82) is 0 Å². The number of rotatable bonds is 5. The Hall–Kier alpha value is -2.77. The van der Waals surface area contributed by atoms with Crippen LogP contribution in [0.25, 0.3) is 11.1 Å². The van der Waals surface area contributed by atoms with Crippen LogP contribution in [0, 0.1) is 0 Å². The third kappa shape index (κ3) is 3.30. The number of hydrogen-bond acceptors (Lipinski definition) is 4. The van der Waals surface area contributed by atoms with Crippen LogP contribution in [0.15, 0.2) is 54.7 Å². The first-order valence-corrected chi connectivity index (χ1v) is 9.59. The molecule has 2 aliphatic rings. The number of benzene rings is 2. The molecule has 1 unspecified atom stereocenters. The predicted molar refractivity (Wildman–Crippen MR) is 106 cm³/mol. The van der Waals surface area contributed by atoms with Crippen LogP contribution in [0.5, 0.6) is 0 Å². The second-order valence-corrected chi connectivity index (χ2v) is 7.52. The van der Waals surface area contributed by atoms with Crippen LogP contribution in [0.2, 0.25) is 0 Å². The van der Waals surface area contributed by atoms with Crippen LogP contribution in [0.4, 0.5) is 8.78 Å². The lowest BCUT2D eigenvalue weighted by molar-refractivity contribution is 0.0479. The molecule has 29 heavy (non-hydrogen) atoms. The third-order valence-corrected chi connectivity index (χ3v) is 5.73. The second-order valence-electron chi connectivity index (χ2n) is 7.52. The highest BCUT2D eigenvalue weighted by atomic mass is 19.3. The Bertz CT molecular complexity index is 974. The third-order valence-electron chi connectivity index (χ3n) is 5.73. The molecule has 0 radical (unpaired) electrons. The van der Waals surface area contributed by atoms with Gasteiger partial charge in [-0.1, -0.05) is 36.9 Å². The van der Waals surface area contributed by atoms with E-state index in [0.29, 0.717) is 22.4 Å². The predicted octanol–water partition coefficient (Wildman–Crippen LogP) is 2.79. The molecule has 1 heterocycles. The Morgan fingerprint density at radius 1 is 1.28 bits per heavy atom. The van der Waals surface area contributed by atoms with E-state index in [1.165, 1.54) is 24.3 Å². The number of carbonyl (C=O) groups is 1. The zero-order valence-electron chi connectivity index (χ0n) is 15.9. The molecule has 0 aromatic heterocycles. The Morgan fingerprint density at radius 2 is 2.00 bits per heavy atom. The molecule has 1 saturated heterocycles. The van der Waals surface area contributed by atoms with E-state index in [0.717, 1.165) is 19.4 Å². The first-order chi connectivity index (χ1) is 13.8. The van der Waals surface area contributed by atoms with Gasteiger partial charge in [0.2, 0.25) is 0 Å². The van der Waals surface area contributed by atoms with Crippen LogP contribution in [-0.2, 0) is 5.92 Å². The van der Waals surface area contributed by atoms with E-state index in [4.69, 9.17) is 5.73 Å². The zero-order chi connectivity index (χ0) is 20.8. The van der Waals surface area contributed by atoms with Gasteiger partial charge in [-0.25, -0.2) is 0 Å². The van der Waals surface area contributed by atoms with Gasteiger partial charge in [-0.15, -0.1) is 0 Å². The van der Waals surface area contributed by atoms with Crippen molar-refractivity contribution in [3.63, 3.8) is 0 Å². The van der Waals surface area contributed by atoms with Crippen molar-refractivity contribution in [1.82, 2.24) is 10.2 Å². The summed E-state index contributed by atoms with van der Waals surface area (Å²) in [4.78, 5) is 14.5. The summed E-state index contributed by atoms with van der Waals surface area (Å²) in [7, 11) is 0. The summed E-state index contributed by atoms with van der Waals surface area (Å²) in [6.07, 6.45) is 0.691. The van der Waals surface area contributed by atoms with Gasteiger partial charge in [-0.05, 0) is 36.1 Å². The van der Waals surface area contributed by atoms with Crippen LogP contribution in [0.1, 0.15) is 34.3 Å². The minimum Gasteiger partial charge on any atom is -0.377 e. The molecule has 7 heteroatoms. The molecule has 1 aliphatic carbocycles. The van der Waals surface area contributed by atoms with Crippen molar-refractivity contribution in [2.24, 2.45) is 5.73 Å². The lowest BCUT2D eigenvalue weighted by atomic mass is 10.0. The Labute approximate surface area is 167 Å². The number of aliphatic hydroxyl groups is 1. The van der Waals surface area contributed by atoms with E-state index in [1.807, 2.05) is 4.90 Å². The Balaban J connectivity index is 1.50. The molecule has 0 spiro atoms. The van der Waals surface area contributed by atoms with Crippen LogP contribution in [0.3, 0.4) is 0 Å². The maximum Gasteiger partial charge on any atom is 0.299 e. The van der Waals surface area contributed by atoms with Crippen molar-refractivity contribution in [3.05, 3.63) is 71.4 Å². The summed E-state index contributed by atoms with van der Waals surface area (Å²) in [5.41, 5.74) is 7.27. The van der Waals surface area contributed by atoms with Crippen molar-refractivity contribution in [2.75, 3.05) is 13.1 Å². The molecule has 2 aromatic carbocycles. The van der Waals surface area contributed by atoms with Crippen LogP contribution < -0.4 is 11.1 Å². The van der Waals surface area contributed by atoms with Crippen molar-refractivity contribution in [3.8, 4) is 11.1 Å². The van der Waals surface area contributed by atoms with Crippen molar-refractivity contribution in [2.45, 2.75) is 31.0 Å². The SMILES string of the molecule is C=C(CNC(=O)c1ccc2c(c1)-c1ccccc1C2(F)F)N1CCC[C@H]1C(N)O. The lowest BCUT2D eigenvalue weighted by Crippen LogP contribution is -2.45. The van der Waals surface area contributed by atoms with Crippen molar-refractivity contribution >= 4 is 5.91 Å². The average molecular weight is 399 g/mol. The Kier molecular flexibility index (Phi) is 4.88. The number of halogens is 2. The number of aliphatic hydroxyl groups excluding tert-OH is 1. The summed E-state index contributed by atoms with van der Waals surface area (Å²) < 4.78 is 29.3. The number of amides is 1. The molecule has 5 nitrogen and oxygen atoms in total. The molecule has 0 bridgehead atoms. The average Bonchev–Trinajstić information content (AvgIpc) is 3.29. The fourth-order valence-electron chi connectivity index (χ4n) is 4.25. The highest BCUT2D eigenvalue weighted by Gasteiger charge is 2.44. The molecule has 4 N–H and O–H groups in total. The molecule has 2 aromatic rings. The lowest BCUT2D eigenvalue weighted by Gasteiger charge is -2.30. The first-order valence-electron chi connectivity index (χ1n) is 9.59. The standard InChI is InChI=1S/C22H23F2N3O2/c1-13(27-10-4-7-19(27)20(25)28)12-26-21(29)14-8-9-18-16(11-14)15-5-2-3-6-17(15)22(18,23)24/h2-3,5-6,8-9,11,19-20,28H,1,4,7,10,12,25H2,(H,26,29)/t19-,20?/m0/s1. The van der Waals surface area contributed by atoms with Gasteiger partial charge < -0.3 is 21.1 Å². The normalized spacial score (nSPS) is 20.1. The summed E-state index contributed by atoms with van der Waals surface area (Å²) in [6.45, 7) is 4.89. The highest BCUT2D eigenvalue weighted by Crippen LogP contribution is 2.50. The van der Waals surface area contributed by atoms with Crippen LogP contribution in [-0.4, -0.2) is 41.3 Å². The van der Waals surface area contributed by atoms with Gasteiger partial charge in [-0.3, -0.25) is 4.79 Å². The van der Waals surface area contributed by atoms with E-state index in [2.05, 4.69) is 11.9 Å². The van der Waals surface area contributed by atoms with E-state index in [9.17, 15) is 18.7 Å². The maximum atomic E-state index is 14.6. The van der Waals surface area contributed by atoms with Gasteiger partial charge in [0.05, 0.1) is 12.6 Å². The van der Waals surface area contributed by atoms with E-state index in [1.54, 1.807) is 18.2 Å². The smallest absolute Gasteiger partial charge is 0.299 e. The highest BCUT2D eigenvalue weighted by molar-refractivity contribution is 5.96. The van der Waals surface area contributed by atoms with Gasteiger partial charge in [-0.2, -0.15) is 8.78 Å². The molecule has 2 atom stereocenters. The van der Waals surface area contributed by atoms with Gasteiger partial charge in [0.15, 0.2) is 0 Å². The number of fused-ring (bicyclic) bond motifs is 3. The largest absolute Gasteiger partial charge is 0.377 e. The fourth-order valence-corrected chi connectivity index (χ4v) is 4.25. The van der Waals surface area contributed by atoms with E-state index >= 15 is 0 Å². The molecular formula is C22H23F2N3O2. The number of alkyl halides is 2. The monoisotopic (exact) mass is 399 g/mol. The molecule has 4 rings (SSSR count). The summed E-state index contributed by atoms with van der Waals surface area (Å²) in [6, 6.07) is 10.4. The van der Waals surface area contributed by atoms with Crippen molar-refractivity contribution < 1.29 is 18.7 Å². The summed E-state index contributed by atoms with van der Waals surface area (Å²) >= 11 is 0. The second kappa shape index (κ2) is 7.24. The first kappa shape index (κ1) is 19.5. The number of likely N-dealkylation sites (tertiary alicyclic amines) is 1. The van der Waals surface area contributed by atoms with Gasteiger partial charge in [0.25, 0.3) is 11.8 Å². The Morgan fingerprint density at radius 3 is 2.76 bits per heavy atom. The van der Waals surface area contributed by atoms with Gasteiger partial charge >= 0.3 is 0 Å². The molecular weight excluding hydrogens is 376 g/mol. The van der Waals surface area contributed by atoms with E-state index in [-0.39, 0.29) is 29.6 Å². The van der Waals surface area contributed by atoms with E-state index < -0.39 is 12.2 Å². The molecule has 152 valence electrons. The zero-order valence-corrected chi connectivity index (χ0v) is 15.9. The number of hydrogen-bond donors (Lipinski definition) is 3. The molecule has 1 aliphatic heterocycles. The fraction of sp³-hybridized carbons (Fsp3) is 0.318. The minimum absolute atomic E-state index is 0.0404. The van der Waals surface area contributed by atoms with Crippen LogP contribution >= 0.6 is 0 Å². The quantitative estimate of drug-likeness (QED) is 0.676. The number of nitrogens with one attached hydrogen (secondary N) is 1. The maximum absolute atomic E-state index is 14.6. The molecule has 1 amide bonds. The number of carbonyl (C=O) groups excluding carboxylic acids is 1. The van der Waals surface area contributed by atoms with Gasteiger partial charge in [0.1, 0.15) is 6.23 Å².